The zero-order valence-electron chi connectivity index (χ0n) is 19.3. The summed E-state index contributed by atoms with van der Waals surface area (Å²) >= 11 is 0. The quantitative estimate of drug-likeness (QED) is 0.461. The van der Waals surface area contributed by atoms with Crippen molar-refractivity contribution in [1.82, 2.24) is 29.2 Å². The molecular formula is C26H28N6O. The molecule has 7 heteroatoms. The van der Waals surface area contributed by atoms with E-state index in [4.69, 9.17) is 4.98 Å². The van der Waals surface area contributed by atoms with Crippen LogP contribution in [0.4, 0.5) is 0 Å². The minimum Gasteiger partial charge on any atom is -0.330 e. The summed E-state index contributed by atoms with van der Waals surface area (Å²) in [4.78, 5) is 24.5. The maximum Gasteiger partial charge on any atom is 0.254 e. The molecule has 1 fully saturated rings. The van der Waals surface area contributed by atoms with E-state index in [-0.39, 0.29) is 11.9 Å². The van der Waals surface area contributed by atoms with Gasteiger partial charge in [-0.05, 0) is 69.5 Å². The van der Waals surface area contributed by atoms with Gasteiger partial charge in [0.1, 0.15) is 11.6 Å². The number of pyridine rings is 1. The largest absolute Gasteiger partial charge is 0.330 e. The molecule has 0 N–H and O–H groups in total. The molecule has 7 nitrogen and oxygen atoms in total. The first-order valence-electron chi connectivity index (χ1n) is 11.4. The third-order valence-electron chi connectivity index (χ3n) is 6.32. The van der Waals surface area contributed by atoms with Gasteiger partial charge in [0.25, 0.3) is 5.91 Å². The van der Waals surface area contributed by atoms with Crippen LogP contribution in [0.25, 0.3) is 5.82 Å². The third kappa shape index (κ3) is 4.18. The predicted molar refractivity (Wildman–Crippen MR) is 126 cm³/mol. The van der Waals surface area contributed by atoms with Gasteiger partial charge in [-0.2, -0.15) is 5.10 Å². The molecule has 3 aromatic heterocycles. The van der Waals surface area contributed by atoms with E-state index in [9.17, 15) is 4.79 Å². The average molecular weight is 441 g/mol. The summed E-state index contributed by atoms with van der Waals surface area (Å²) < 4.78 is 3.95. The fourth-order valence-electron chi connectivity index (χ4n) is 4.62. The lowest BCUT2D eigenvalue weighted by Gasteiger charge is -2.25. The summed E-state index contributed by atoms with van der Waals surface area (Å²) in [5, 5.41) is 4.53. The van der Waals surface area contributed by atoms with Gasteiger partial charge in [0.15, 0.2) is 0 Å². The first kappa shape index (κ1) is 21.1. The Bertz CT molecular complexity index is 1290. The highest BCUT2D eigenvalue weighted by molar-refractivity contribution is 5.94. The SMILES string of the molecule is Cc1cc(C)n(Cc2ccc(C(=O)N3CCCC3c3cccc(-n4ccnc4C)n3)cc2)n1. The van der Waals surface area contributed by atoms with Gasteiger partial charge >= 0.3 is 0 Å². The fraction of sp³-hybridized carbons (Fsp3) is 0.308. The minimum absolute atomic E-state index is 0.0179. The highest BCUT2D eigenvalue weighted by atomic mass is 16.2. The van der Waals surface area contributed by atoms with Gasteiger partial charge in [-0.15, -0.1) is 0 Å². The van der Waals surface area contributed by atoms with Gasteiger partial charge in [-0.1, -0.05) is 18.2 Å². The molecule has 1 atom stereocenters. The Morgan fingerprint density at radius 1 is 1.09 bits per heavy atom. The second kappa shape index (κ2) is 8.65. The van der Waals surface area contributed by atoms with Crippen molar-refractivity contribution in [2.24, 2.45) is 0 Å². The minimum atomic E-state index is -0.0179. The van der Waals surface area contributed by atoms with Crippen LogP contribution in [0.5, 0.6) is 0 Å². The summed E-state index contributed by atoms with van der Waals surface area (Å²) in [5.41, 5.74) is 4.91. The summed E-state index contributed by atoms with van der Waals surface area (Å²) in [7, 11) is 0. The maximum atomic E-state index is 13.4. The van der Waals surface area contributed by atoms with E-state index in [0.29, 0.717) is 12.1 Å². The number of aryl methyl sites for hydroxylation is 3. The number of aromatic nitrogens is 5. The van der Waals surface area contributed by atoms with Crippen molar-refractivity contribution in [3.63, 3.8) is 0 Å². The molecule has 1 amide bonds. The topological polar surface area (TPSA) is 68.8 Å². The van der Waals surface area contributed by atoms with Gasteiger partial charge in [0.05, 0.1) is 24.0 Å². The lowest BCUT2D eigenvalue weighted by atomic mass is 10.1. The molecule has 0 radical (unpaired) electrons. The number of benzene rings is 1. The Kier molecular flexibility index (Phi) is 5.54. The van der Waals surface area contributed by atoms with Crippen LogP contribution >= 0.6 is 0 Å². The smallest absolute Gasteiger partial charge is 0.254 e. The fourth-order valence-corrected chi connectivity index (χ4v) is 4.62. The lowest BCUT2D eigenvalue weighted by molar-refractivity contribution is 0.0733. The molecular weight excluding hydrogens is 412 g/mol. The van der Waals surface area contributed by atoms with Gasteiger partial charge in [0.2, 0.25) is 0 Å². The second-order valence-electron chi connectivity index (χ2n) is 8.70. The van der Waals surface area contributed by atoms with E-state index in [1.165, 1.54) is 0 Å². The standard InChI is InChI=1S/C26H28N6O/c1-18-16-19(2)32(29-18)17-21-9-11-22(12-10-21)26(33)31-14-5-7-24(31)23-6-4-8-25(28-23)30-15-13-27-20(30)3/h4,6,8-13,15-16,24H,5,7,14,17H2,1-3H3. The Balaban J connectivity index is 1.34. The first-order chi connectivity index (χ1) is 16.0. The van der Waals surface area contributed by atoms with Crippen LogP contribution in [0.15, 0.2) is 60.9 Å². The van der Waals surface area contributed by atoms with Crippen molar-refractivity contribution in [3.8, 4) is 5.82 Å². The van der Waals surface area contributed by atoms with E-state index < -0.39 is 0 Å². The van der Waals surface area contributed by atoms with Crippen LogP contribution in [0.2, 0.25) is 0 Å². The summed E-state index contributed by atoms with van der Waals surface area (Å²) in [6.45, 7) is 7.46. The van der Waals surface area contributed by atoms with Crippen LogP contribution in [0, 0.1) is 20.8 Å². The van der Waals surface area contributed by atoms with E-state index >= 15 is 0 Å². The molecule has 0 aliphatic carbocycles. The molecule has 168 valence electrons. The number of hydrogen-bond donors (Lipinski definition) is 0. The van der Waals surface area contributed by atoms with Crippen molar-refractivity contribution >= 4 is 5.91 Å². The van der Waals surface area contributed by atoms with E-state index in [0.717, 1.165) is 53.7 Å². The molecule has 1 aliphatic rings. The van der Waals surface area contributed by atoms with Gasteiger partial charge in [-0.25, -0.2) is 9.97 Å². The molecule has 1 saturated heterocycles. The van der Waals surface area contributed by atoms with Crippen molar-refractivity contribution in [1.29, 1.82) is 0 Å². The van der Waals surface area contributed by atoms with Crippen molar-refractivity contribution in [3.05, 3.63) is 95.0 Å². The van der Waals surface area contributed by atoms with Gasteiger partial charge in [-0.3, -0.25) is 14.0 Å². The molecule has 5 rings (SSSR count). The zero-order valence-corrected chi connectivity index (χ0v) is 19.3. The third-order valence-corrected chi connectivity index (χ3v) is 6.32. The van der Waals surface area contributed by atoms with Crippen molar-refractivity contribution in [2.45, 2.75) is 46.2 Å². The average Bonchev–Trinajstić information content (AvgIpc) is 3.54. The van der Waals surface area contributed by atoms with Gasteiger partial charge in [0, 0.05) is 30.2 Å². The van der Waals surface area contributed by atoms with E-state index in [1.54, 1.807) is 6.20 Å². The number of rotatable bonds is 5. The van der Waals surface area contributed by atoms with Gasteiger partial charge < -0.3 is 4.90 Å². The predicted octanol–water partition coefficient (Wildman–Crippen LogP) is 4.41. The molecule has 0 bridgehead atoms. The normalized spacial score (nSPS) is 15.8. The van der Waals surface area contributed by atoms with Crippen LogP contribution in [0.1, 0.15) is 57.7 Å². The first-order valence-corrected chi connectivity index (χ1v) is 11.4. The summed E-state index contributed by atoms with van der Waals surface area (Å²) in [5.74, 6) is 1.77. The molecule has 0 saturated carbocycles. The highest BCUT2D eigenvalue weighted by Gasteiger charge is 2.31. The molecule has 33 heavy (non-hydrogen) atoms. The van der Waals surface area contributed by atoms with Crippen LogP contribution in [-0.4, -0.2) is 41.7 Å². The second-order valence-corrected chi connectivity index (χ2v) is 8.70. The van der Waals surface area contributed by atoms with Crippen LogP contribution < -0.4 is 0 Å². The number of imidazole rings is 1. The Labute approximate surface area is 193 Å². The molecule has 4 aromatic rings. The number of carbonyl (C=O) groups is 1. The molecule has 1 aromatic carbocycles. The molecule has 4 heterocycles. The van der Waals surface area contributed by atoms with Crippen LogP contribution in [-0.2, 0) is 6.54 Å². The Hall–Kier alpha value is -3.74. The van der Waals surface area contributed by atoms with E-state index in [1.807, 2.05) is 76.7 Å². The Morgan fingerprint density at radius 3 is 2.61 bits per heavy atom. The molecule has 1 unspecified atom stereocenters. The zero-order chi connectivity index (χ0) is 22.9. The number of amides is 1. The number of hydrogen-bond acceptors (Lipinski definition) is 4. The van der Waals surface area contributed by atoms with E-state index in [2.05, 4.69) is 23.1 Å². The van der Waals surface area contributed by atoms with Crippen LogP contribution in [0.3, 0.4) is 0 Å². The summed E-state index contributed by atoms with van der Waals surface area (Å²) in [6.07, 6.45) is 5.57. The highest BCUT2D eigenvalue weighted by Crippen LogP contribution is 2.32. The van der Waals surface area contributed by atoms with Crippen molar-refractivity contribution < 1.29 is 4.79 Å². The maximum absolute atomic E-state index is 13.4. The number of likely N-dealkylation sites (tertiary alicyclic amines) is 1. The molecule has 0 spiro atoms. The Morgan fingerprint density at radius 2 is 1.91 bits per heavy atom. The molecule has 1 aliphatic heterocycles. The number of carbonyl (C=O) groups excluding carboxylic acids is 1. The monoisotopic (exact) mass is 440 g/mol. The summed E-state index contributed by atoms with van der Waals surface area (Å²) in [6, 6.07) is 16.0. The van der Waals surface area contributed by atoms with Crippen molar-refractivity contribution in [2.75, 3.05) is 6.54 Å². The lowest BCUT2D eigenvalue weighted by Crippen LogP contribution is -2.31. The number of nitrogens with zero attached hydrogens (tertiary/aromatic N) is 6.